The molecule has 1 aromatic rings. The van der Waals surface area contributed by atoms with E-state index in [9.17, 15) is 27.2 Å². The first-order chi connectivity index (χ1) is 10.2. The highest BCUT2D eigenvalue weighted by atomic mass is 19.4. The van der Waals surface area contributed by atoms with Gasteiger partial charge in [-0.2, -0.15) is 13.2 Å². The van der Waals surface area contributed by atoms with Crippen LogP contribution in [0.5, 0.6) is 0 Å². The normalized spacial score (nSPS) is 12.8. The van der Waals surface area contributed by atoms with E-state index in [2.05, 4.69) is 0 Å². The summed E-state index contributed by atoms with van der Waals surface area (Å²) in [5.74, 6) is -3.58. The standard InChI is InChI=1S/C15H16F4O3/c1-3-13(20)12(14(21)22-4-2)7-9-5-10(15(17,18)19)8-11(16)6-9/h5-6,8,12H,3-4,7H2,1-2H3. The molecular formula is C15H16F4O3. The van der Waals surface area contributed by atoms with E-state index in [4.69, 9.17) is 4.74 Å². The Hall–Kier alpha value is -1.92. The van der Waals surface area contributed by atoms with Crippen molar-refractivity contribution in [2.75, 3.05) is 6.61 Å². The maximum Gasteiger partial charge on any atom is 0.416 e. The number of Topliss-reactive ketones (excluding diaryl/α,β-unsaturated/α-hetero) is 1. The van der Waals surface area contributed by atoms with E-state index in [-0.39, 0.29) is 25.0 Å². The van der Waals surface area contributed by atoms with Gasteiger partial charge in [0.2, 0.25) is 0 Å². The Morgan fingerprint density at radius 3 is 2.32 bits per heavy atom. The summed E-state index contributed by atoms with van der Waals surface area (Å²) in [6, 6.07) is 1.98. The molecule has 0 saturated carbocycles. The van der Waals surface area contributed by atoms with Crippen molar-refractivity contribution < 1.29 is 31.9 Å². The summed E-state index contributed by atoms with van der Waals surface area (Å²) in [4.78, 5) is 23.5. The van der Waals surface area contributed by atoms with Crippen molar-refractivity contribution in [2.45, 2.75) is 32.9 Å². The number of ketones is 1. The van der Waals surface area contributed by atoms with Gasteiger partial charge < -0.3 is 4.74 Å². The SMILES string of the molecule is CCOC(=O)C(Cc1cc(F)cc(C(F)(F)F)c1)C(=O)CC. The third kappa shape index (κ3) is 4.82. The highest BCUT2D eigenvalue weighted by Crippen LogP contribution is 2.31. The molecule has 0 aliphatic rings. The van der Waals surface area contributed by atoms with Crippen LogP contribution in [0.1, 0.15) is 31.4 Å². The Kier molecular flexibility index (Phi) is 6.08. The van der Waals surface area contributed by atoms with Crippen molar-refractivity contribution in [3.63, 3.8) is 0 Å². The van der Waals surface area contributed by atoms with Crippen LogP contribution in [-0.2, 0) is 26.9 Å². The minimum Gasteiger partial charge on any atom is -0.465 e. The zero-order chi connectivity index (χ0) is 16.9. The zero-order valence-electron chi connectivity index (χ0n) is 12.2. The molecule has 122 valence electrons. The monoisotopic (exact) mass is 320 g/mol. The summed E-state index contributed by atoms with van der Waals surface area (Å²) in [6.07, 6.45) is -5.00. The third-order valence-electron chi connectivity index (χ3n) is 3.03. The second-order valence-electron chi connectivity index (χ2n) is 4.67. The number of rotatable bonds is 6. The summed E-state index contributed by atoms with van der Waals surface area (Å²) in [6.45, 7) is 3.12. The van der Waals surface area contributed by atoms with Crippen LogP contribution in [-0.4, -0.2) is 18.4 Å². The fraction of sp³-hybridized carbons (Fsp3) is 0.467. The first-order valence-corrected chi connectivity index (χ1v) is 6.75. The highest BCUT2D eigenvalue weighted by Gasteiger charge is 2.33. The average Bonchev–Trinajstić information content (AvgIpc) is 2.42. The quantitative estimate of drug-likeness (QED) is 0.457. The van der Waals surface area contributed by atoms with E-state index in [1.54, 1.807) is 6.92 Å². The molecular weight excluding hydrogens is 304 g/mol. The van der Waals surface area contributed by atoms with Crippen LogP contribution >= 0.6 is 0 Å². The molecule has 7 heteroatoms. The molecule has 3 nitrogen and oxygen atoms in total. The minimum absolute atomic E-state index is 0.0327. The van der Waals surface area contributed by atoms with Crippen LogP contribution in [0.15, 0.2) is 18.2 Å². The van der Waals surface area contributed by atoms with Gasteiger partial charge in [0.15, 0.2) is 0 Å². The molecule has 0 aliphatic carbocycles. The van der Waals surface area contributed by atoms with Gasteiger partial charge in [0.25, 0.3) is 0 Å². The number of halogens is 4. The fourth-order valence-corrected chi connectivity index (χ4v) is 1.99. The van der Waals surface area contributed by atoms with Gasteiger partial charge in [0.1, 0.15) is 17.5 Å². The van der Waals surface area contributed by atoms with Crippen molar-refractivity contribution in [3.8, 4) is 0 Å². The summed E-state index contributed by atoms with van der Waals surface area (Å²) in [7, 11) is 0. The van der Waals surface area contributed by atoms with Crippen LogP contribution in [0, 0.1) is 11.7 Å². The Morgan fingerprint density at radius 1 is 1.18 bits per heavy atom. The van der Waals surface area contributed by atoms with E-state index < -0.39 is 35.2 Å². The molecule has 0 N–H and O–H groups in total. The predicted molar refractivity (Wildman–Crippen MR) is 70.5 cm³/mol. The third-order valence-corrected chi connectivity index (χ3v) is 3.03. The van der Waals surface area contributed by atoms with Gasteiger partial charge in [-0.15, -0.1) is 0 Å². The number of carbonyl (C=O) groups is 2. The molecule has 1 unspecified atom stereocenters. The second kappa shape index (κ2) is 7.38. The minimum atomic E-state index is -4.70. The molecule has 0 heterocycles. The van der Waals surface area contributed by atoms with Crippen LogP contribution in [0.4, 0.5) is 17.6 Å². The number of esters is 1. The number of alkyl halides is 3. The Morgan fingerprint density at radius 2 is 1.82 bits per heavy atom. The lowest BCUT2D eigenvalue weighted by atomic mass is 9.93. The van der Waals surface area contributed by atoms with E-state index >= 15 is 0 Å². The number of hydrogen-bond acceptors (Lipinski definition) is 3. The van der Waals surface area contributed by atoms with E-state index in [1.165, 1.54) is 6.92 Å². The average molecular weight is 320 g/mol. The molecule has 0 aromatic heterocycles. The van der Waals surface area contributed by atoms with Crippen LogP contribution in [0.2, 0.25) is 0 Å². The molecule has 1 atom stereocenters. The van der Waals surface area contributed by atoms with Gasteiger partial charge in [0.05, 0.1) is 12.2 Å². The van der Waals surface area contributed by atoms with Crippen LogP contribution in [0.25, 0.3) is 0 Å². The van der Waals surface area contributed by atoms with E-state index in [0.717, 1.165) is 12.1 Å². The first kappa shape index (κ1) is 18.1. The van der Waals surface area contributed by atoms with E-state index in [1.807, 2.05) is 0 Å². The van der Waals surface area contributed by atoms with Gasteiger partial charge in [0, 0.05) is 6.42 Å². The van der Waals surface area contributed by atoms with Gasteiger partial charge in [-0.25, -0.2) is 4.39 Å². The molecule has 0 spiro atoms. The lowest BCUT2D eigenvalue weighted by Gasteiger charge is -2.15. The predicted octanol–water partition coefficient (Wildman–Crippen LogP) is 3.55. The summed E-state index contributed by atoms with van der Waals surface area (Å²) in [5.41, 5.74) is -1.23. The topological polar surface area (TPSA) is 43.4 Å². The maximum atomic E-state index is 13.3. The molecule has 1 aromatic carbocycles. The zero-order valence-corrected chi connectivity index (χ0v) is 12.2. The molecule has 0 radical (unpaired) electrons. The Labute approximate surface area is 125 Å². The number of hydrogen-bond donors (Lipinski definition) is 0. The van der Waals surface area contributed by atoms with Crippen LogP contribution < -0.4 is 0 Å². The summed E-state index contributed by atoms with van der Waals surface area (Å²) in [5, 5.41) is 0. The van der Waals surface area contributed by atoms with Crippen molar-refractivity contribution in [2.24, 2.45) is 5.92 Å². The summed E-state index contributed by atoms with van der Waals surface area (Å²) < 4.78 is 56.1. The molecule has 0 amide bonds. The van der Waals surface area contributed by atoms with Gasteiger partial charge in [-0.1, -0.05) is 6.92 Å². The lowest BCUT2D eigenvalue weighted by Crippen LogP contribution is -2.28. The van der Waals surface area contributed by atoms with Crippen molar-refractivity contribution in [1.29, 1.82) is 0 Å². The Bertz CT molecular complexity index is 552. The Balaban J connectivity index is 3.10. The fourth-order valence-electron chi connectivity index (χ4n) is 1.99. The van der Waals surface area contributed by atoms with Crippen molar-refractivity contribution >= 4 is 11.8 Å². The number of carbonyl (C=O) groups excluding carboxylic acids is 2. The van der Waals surface area contributed by atoms with E-state index in [0.29, 0.717) is 6.07 Å². The number of ether oxygens (including phenoxy) is 1. The molecule has 0 saturated heterocycles. The van der Waals surface area contributed by atoms with Crippen molar-refractivity contribution in [1.82, 2.24) is 0 Å². The molecule has 0 fully saturated rings. The lowest BCUT2D eigenvalue weighted by molar-refractivity contribution is -0.151. The highest BCUT2D eigenvalue weighted by molar-refractivity contribution is 5.99. The smallest absolute Gasteiger partial charge is 0.416 e. The molecule has 22 heavy (non-hydrogen) atoms. The molecule has 0 aliphatic heterocycles. The summed E-state index contributed by atoms with van der Waals surface area (Å²) >= 11 is 0. The van der Waals surface area contributed by atoms with Crippen molar-refractivity contribution in [3.05, 3.63) is 35.1 Å². The van der Waals surface area contributed by atoms with Gasteiger partial charge in [-0.3, -0.25) is 9.59 Å². The number of benzene rings is 1. The van der Waals surface area contributed by atoms with Crippen LogP contribution in [0.3, 0.4) is 0 Å². The molecule has 1 rings (SSSR count). The second-order valence-corrected chi connectivity index (χ2v) is 4.67. The first-order valence-electron chi connectivity index (χ1n) is 6.75. The largest absolute Gasteiger partial charge is 0.465 e. The van der Waals surface area contributed by atoms with Gasteiger partial charge >= 0.3 is 12.1 Å². The molecule has 0 bridgehead atoms. The maximum absolute atomic E-state index is 13.3. The van der Waals surface area contributed by atoms with Gasteiger partial charge in [-0.05, 0) is 37.1 Å².